The van der Waals surface area contributed by atoms with Crippen LogP contribution in [0.15, 0.2) is 11.6 Å². The first kappa shape index (κ1) is 42.2. The zero-order valence-electron chi connectivity index (χ0n) is 32.4. The van der Waals surface area contributed by atoms with E-state index in [0.717, 1.165) is 25.7 Å². The van der Waals surface area contributed by atoms with Gasteiger partial charge < -0.3 is 79.5 Å². The van der Waals surface area contributed by atoms with Crippen molar-refractivity contribution in [2.24, 2.45) is 34.5 Å². The van der Waals surface area contributed by atoms with Crippen molar-refractivity contribution in [1.82, 2.24) is 0 Å². The molecular weight excluding hydrogens is 724 g/mol. The minimum absolute atomic E-state index is 0.101. The molecule has 316 valence electrons. The van der Waals surface area contributed by atoms with Gasteiger partial charge in [0.2, 0.25) is 0 Å². The number of aliphatic hydroxyl groups is 10. The second-order valence-electron chi connectivity index (χ2n) is 18.2. The fourth-order valence-corrected chi connectivity index (χ4v) is 11.8. The highest BCUT2D eigenvalue weighted by molar-refractivity contribution is 5.26. The lowest BCUT2D eigenvalue weighted by Gasteiger charge is -2.58. The van der Waals surface area contributed by atoms with Crippen molar-refractivity contribution >= 4 is 0 Å². The van der Waals surface area contributed by atoms with Crippen molar-refractivity contribution < 1.29 is 79.5 Å². The number of hydrogen-bond acceptors (Lipinski definition) is 16. The van der Waals surface area contributed by atoms with Crippen molar-refractivity contribution in [1.29, 1.82) is 0 Å². The lowest BCUT2D eigenvalue weighted by molar-refractivity contribution is -0.374. The second-order valence-corrected chi connectivity index (χ2v) is 18.2. The van der Waals surface area contributed by atoms with Crippen LogP contribution >= 0.6 is 0 Å². The molecule has 0 unspecified atom stereocenters. The van der Waals surface area contributed by atoms with E-state index in [2.05, 4.69) is 19.9 Å². The molecule has 3 saturated heterocycles. The normalized spacial score (nSPS) is 56.2. The summed E-state index contributed by atoms with van der Waals surface area (Å²) in [6.45, 7) is 8.94. The van der Waals surface area contributed by atoms with Gasteiger partial charge in [0.25, 0.3) is 0 Å². The predicted molar refractivity (Wildman–Crippen MR) is 189 cm³/mol. The fraction of sp³-hybridized carbons (Fsp3) is 0.949. The minimum atomic E-state index is -1.70. The highest BCUT2D eigenvalue weighted by Gasteiger charge is 2.62. The Morgan fingerprint density at radius 3 is 2.02 bits per heavy atom. The van der Waals surface area contributed by atoms with Gasteiger partial charge in [-0.25, -0.2) is 0 Å². The molecule has 0 aromatic heterocycles. The number of aliphatic hydroxyl groups excluding tert-OH is 10. The molecule has 10 N–H and O–H groups in total. The predicted octanol–water partition coefficient (Wildman–Crippen LogP) is -1.19. The summed E-state index contributed by atoms with van der Waals surface area (Å²) in [5.41, 5.74) is 1.04. The van der Waals surface area contributed by atoms with Crippen molar-refractivity contribution in [2.75, 3.05) is 6.61 Å². The molecule has 7 rings (SSSR count). The van der Waals surface area contributed by atoms with E-state index in [-0.39, 0.29) is 16.7 Å². The van der Waals surface area contributed by atoms with Gasteiger partial charge in [0.1, 0.15) is 61.0 Å². The summed E-state index contributed by atoms with van der Waals surface area (Å²) in [5, 5.41) is 107. The number of rotatable bonds is 8. The Morgan fingerprint density at radius 2 is 1.36 bits per heavy atom. The zero-order chi connectivity index (χ0) is 39.9. The highest BCUT2D eigenvalue weighted by Crippen LogP contribution is 2.66. The standard InChI is InChI=1S/C39H64O16/c1-15(40)25-23(41)13-22-20-7-6-18-12-19(8-10-38(18,4)21(20)9-11-39(22,25)5)53-37-34(55-36-33(49)30(46)27(43)17(3)52-36)31(47)28(44)24(54-37)14-50-35-32(48)29(45)26(42)16(2)51-35/h6,15-17,19-37,40-49H,7-14H2,1-5H3/t15-,16+,17+,19+,20-,21+,22+,23+,24-,25+,26+,27+,28-,29-,30-,31+,32-,33-,34-,35-,36+,37-,38+,39+/m1/s1. The van der Waals surface area contributed by atoms with Crippen LogP contribution in [0.1, 0.15) is 79.6 Å². The zero-order valence-corrected chi connectivity index (χ0v) is 32.4. The van der Waals surface area contributed by atoms with E-state index >= 15 is 0 Å². The Balaban J connectivity index is 1.08. The van der Waals surface area contributed by atoms with E-state index in [1.54, 1.807) is 6.92 Å². The summed E-state index contributed by atoms with van der Waals surface area (Å²) in [6.07, 6.45) is -14.9. The molecule has 0 aromatic carbocycles. The van der Waals surface area contributed by atoms with Gasteiger partial charge in [-0.05, 0) is 94.3 Å². The summed E-state index contributed by atoms with van der Waals surface area (Å²) in [4.78, 5) is 0. The van der Waals surface area contributed by atoms with Crippen LogP contribution in [-0.4, -0.2) is 168 Å². The van der Waals surface area contributed by atoms with Gasteiger partial charge in [0.05, 0.1) is 37.1 Å². The molecule has 55 heavy (non-hydrogen) atoms. The maximum Gasteiger partial charge on any atom is 0.187 e. The Morgan fingerprint density at radius 1 is 0.727 bits per heavy atom. The summed E-state index contributed by atoms with van der Waals surface area (Å²) in [6, 6.07) is 0. The molecular formula is C39H64O16. The van der Waals surface area contributed by atoms with E-state index in [4.69, 9.17) is 28.4 Å². The number of hydrogen-bond donors (Lipinski definition) is 10. The topological polar surface area (TPSA) is 258 Å². The molecule has 3 heterocycles. The summed E-state index contributed by atoms with van der Waals surface area (Å²) in [5.74, 6) is 0.953. The van der Waals surface area contributed by atoms with Crippen LogP contribution in [0.4, 0.5) is 0 Å². The lowest BCUT2D eigenvalue weighted by Crippen LogP contribution is -2.65. The van der Waals surface area contributed by atoms with E-state index in [9.17, 15) is 51.1 Å². The van der Waals surface area contributed by atoms with E-state index in [1.807, 2.05) is 0 Å². The van der Waals surface area contributed by atoms with Crippen molar-refractivity contribution in [3.63, 3.8) is 0 Å². The molecule has 7 aliphatic rings. The van der Waals surface area contributed by atoms with Gasteiger partial charge in [-0.2, -0.15) is 0 Å². The SMILES string of the molecule is C[C@@H]1O[C@@H](OC[C@H]2O[C@@H](O[C@H]3CC[C@@]4(C)C(=CC[C@H]5[C@@H]6C[C@H](O)[C@H]([C@@H](C)O)[C@@]6(C)CC[C@@H]54)C3)[C@H](O[C@@H]3O[C@@H](C)[C@H](O)[C@@H](O)[C@H]3O)[C@@H](O)[C@@H]2O)[C@H](O)[C@H](O)[C@H]1O. The van der Waals surface area contributed by atoms with Crippen LogP contribution in [0, 0.1) is 34.5 Å². The quantitative estimate of drug-likeness (QED) is 0.130. The molecule has 3 saturated carbocycles. The average Bonchev–Trinajstić information content (AvgIpc) is 3.42. The van der Waals surface area contributed by atoms with Gasteiger partial charge >= 0.3 is 0 Å². The Hall–Kier alpha value is -0.900. The molecule has 4 aliphatic carbocycles. The van der Waals surface area contributed by atoms with Crippen LogP contribution < -0.4 is 0 Å². The maximum atomic E-state index is 11.5. The molecule has 24 atom stereocenters. The van der Waals surface area contributed by atoms with Gasteiger partial charge in [-0.3, -0.25) is 0 Å². The molecule has 0 bridgehead atoms. The van der Waals surface area contributed by atoms with Crippen molar-refractivity contribution in [2.45, 2.75) is 190 Å². The first-order valence-corrected chi connectivity index (χ1v) is 20.3. The Kier molecular flexibility index (Phi) is 12.2. The lowest BCUT2D eigenvalue weighted by atomic mass is 9.47. The highest BCUT2D eigenvalue weighted by atomic mass is 16.8. The minimum Gasteiger partial charge on any atom is -0.393 e. The number of ether oxygens (including phenoxy) is 6. The summed E-state index contributed by atoms with van der Waals surface area (Å²) >= 11 is 0. The number of fused-ring (bicyclic) bond motifs is 5. The average molecular weight is 789 g/mol. The maximum absolute atomic E-state index is 11.5. The number of allylic oxidation sites excluding steroid dienone is 1. The summed E-state index contributed by atoms with van der Waals surface area (Å²) in [7, 11) is 0. The van der Waals surface area contributed by atoms with Crippen molar-refractivity contribution in [3.8, 4) is 0 Å². The third kappa shape index (κ3) is 7.38. The molecule has 0 radical (unpaired) electrons. The van der Waals surface area contributed by atoms with Crippen LogP contribution in [0.25, 0.3) is 0 Å². The van der Waals surface area contributed by atoms with E-state index in [1.165, 1.54) is 19.4 Å². The molecule has 16 nitrogen and oxygen atoms in total. The molecule has 0 amide bonds. The molecule has 0 aromatic rings. The van der Waals surface area contributed by atoms with Crippen LogP contribution in [0.3, 0.4) is 0 Å². The second kappa shape index (κ2) is 15.9. The third-order valence-corrected chi connectivity index (χ3v) is 15.0. The molecule has 0 spiro atoms. The smallest absolute Gasteiger partial charge is 0.187 e. The molecule has 3 aliphatic heterocycles. The van der Waals surface area contributed by atoms with Gasteiger partial charge in [0, 0.05) is 5.92 Å². The monoisotopic (exact) mass is 788 g/mol. The van der Waals surface area contributed by atoms with Crippen molar-refractivity contribution in [3.05, 3.63) is 11.6 Å². The largest absolute Gasteiger partial charge is 0.393 e. The Bertz CT molecular complexity index is 1370. The first-order chi connectivity index (χ1) is 25.9. The molecule has 16 heteroatoms. The first-order valence-electron chi connectivity index (χ1n) is 20.3. The fourth-order valence-electron chi connectivity index (χ4n) is 11.8. The molecule has 6 fully saturated rings. The van der Waals surface area contributed by atoms with E-state index < -0.39 is 117 Å². The van der Waals surface area contributed by atoms with Crippen LogP contribution in [-0.2, 0) is 28.4 Å². The van der Waals surface area contributed by atoms with Gasteiger partial charge in [0.15, 0.2) is 18.9 Å². The van der Waals surface area contributed by atoms with Gasteiger partial charge in [-0.1, -0.05) is 25.5 Å². The van der Waals surface area contributed by atoms with Gasteiger partial charge in [-0.15, -0.1) is 0 Å². The van der Waals surface area contributed by atoms with Crippen LogP contribution in [0.5, 0.6) is 0 Å². The third-order valence-electron chi connectivity index (χ3n) is 15.0. The summed E-state index contributed by atoms with van der Waals surface area (Å²) < 4.78 is 35.8. The van der Waals surface area contributed by atoms with Crippen LogP contribution in [0.2, 0.25) is 0 Å². The Labute approximate surface area is 322 Å². The van der Waals surface area contributed by atoms with E-state index in [0.29, 0.717) is 37.0 Å².